The quantitative estimate of drug-likeness (QED) is 0.750. The van der Waals surface area contributed by atoms with Gasteiger partial charge in [-0.15, -0.1) is 0 Å². The lowest BCUT2D eigenvalue weighted by Crippen LogP contribution is -2.30. The summed E-state index contributed by atoms with van der Waals surface area (Å²) in [5.74, 6) is 2.54. The number of ether oxygens (including phenoxy) is 1. The number of nitrogens with zero attached hydrogens (tertiary/aromatic N) is 1. The number of piperidine rings is 1. The average molecular weight is 359 g/mol. The zero-order chi connectivity index (χ0) is 14.1. The Kier molecular flexibility index (Phi) is 4.22. The summed E-state index contributed by atoms with van der Waals surface area (Å²) in [7, 11) is 0. The number of likely N-dealkylation sites (tertiary alicyclic amines) is 1. The van der Waals surface area contributed by atoms with Gasteiger partial charge >= 0.3 is 0 Å². The van der Waals surface area contributed by atoms with Crippen LogP contribution >= 0.6 is 27.5 Å². The van der Waals surface area contributed by atoms with Gasteiger partial charge < -0.3 is 9.64 Å². The van der Waals surface area contributed by atoms with E-state index in [-0.39, 0.29) is 5.91 Å². The Balaban J connectivity index is 1.38. The molecule has 0 spiro atoms. The molecule has 3 rings (SSSR count). The number of fused-ring (bicyclic) bond motifs is 1. The maximum absolute atomic E-state index is 12.0. The molecule has 1 saturated carbocycles. The van der Waals surface area contributed by atoms with Crippen LogP contribution < -0.4 is 4.74 Å². The first-order valence-corrected chi connectivity index (χ1v) is 8.16. The zero-order valence-corrected chi connectivity index (χ0v) is 13.5. The summed E-state index contributed by atoms with van der Waals surface area (Å²) >= 11 is 9.42. The third-order valence-electron chi connectivity index (χ3n) is 4.02. The fourth-order valence-corrected chi connectivity index (χ4v) is 3.49. The summed E-state index contributed by atoms with van der Waals surface area (Å²) < 4.78 is 6.54. The first-order chi connectivity index (χ1) is 9.63. The molecule has 20 heavy (non-hydrogen) atoms. The molecule has 1 heterocycles. The van der Waals surface area contributed by atoms with Crippen LogP contribution in [0.1, 0.15) is 19.3 Å². The highest BCUT2D eigenvalue weighted by Gasteiger charge is 2.46. The fourth-order valence-electron chi connectivity index (χ4n) is 2.76. The topological polar surface area (TPSA) is 29.5 Å². The van der Waals surface area contributed by atoms with Crippen molar-refractivity contribution in [3.63, 3.8) is 0 Å². The molecule has 2 unspecified atom stereocenters. The standard InChI is InChI=1S/C15H17BrClNO2/c16-12-3-4-14(13(17)7-12)20-5-1-2-15(19)18-8-10-6-11(10)9-18/h3-4,7,10-11H,1-2,5-6,8-9H2. The first-order valence-electron chi connectivity index (χ1n) is 6.99. The minimum Gasteiger partial charge on any atom is -0.492 e. The van der Waals surface area contributed by atoms with Gasteiger partial charge in [-0.05, 0) is 42.9 Å². The number of carbonyl (C=O) groups is 1. The Bertz CT molecular complexity index is 513. The summed E-state index contributed by atoms with van der Waals surface area (Å²) in [5.41, 5.74) is 0. The van der Waals surface area contributed by atoms with Crippen molar-refractivity contribution in [3.05, 3.63) is 27.7 Å². The summed E-state index contributed by atoms with van der Waals surface area (Å²) in [6, 6.07) is 5.53. The minimum atomic E-state index is 0.266. The Morgan fingerprint density at radius 2 is 2.15 bits per heavy atom. The third kappa shape index (κ3) is 3.29. The lowest BCUT2D eigenvalue weighted by Gasteiger charge is -2.17. The molecule has 1 saturated heterocycles. The van der Waals surface area contributed by atoms with Crippen molar-refractivity contribution in [3.8, 4) is 5.75 Å². The molecule has 2 fully saturated rings. The average Bonchev–Trinajstić information content (AvgIpc) is 3.03. The molecule has 0 aromatic heterocycles. The predicted octanol–water partition coefficient (Wildman–Crippen LogP) is 3.74. The van der Waals surface area contributed by atoms with Gasteiger partial charge in [-0.1, -0.05) is 27.5 Å². The molecule has 1 aromatic carbocycles. The van der Waals surface area contributed by atoms with Crippen molar-refractivity contribution >= 4 is 33.4 Å². The third-order valence-corrected chi connectivity index (χ3v) is 4.81. The van der Waals surface area contributed by atoms with E-state index in [0.717, 1.165) is 35.8 Å². The van der Waals surface area contributed by atoms with Crippen LogP contribution in [0, 0.1) is 11.8 Å². The van der Waals surface area contributed by atoms with Crippen LogP contribution in [0.25, 0.3) is 0 Å². The van der Waals surface area contributed by atoms with Gasteiger partial charge in [-0.25, -0.2) is 0 Å². The maximum atomic E-state index is 12.0. The molecule has 1 amide bonds. The molecule has 0 N–H and O–H groups in total. The van der Waals surface area contributed by atoms with Gasteiger partial charge in [0.25, 0.3) is 0 Å². The molecule has 108 valence electrons. The second-order valence-electron chi connectivity index (χ2n) is 5.58. The highest BCUT2D eigenvalue weighted by Crippen LogP contribution is 2.44. The van der Waals surface area contributed by atoms with Crippen LogP contribution in [0.3, 0.4) is 0 Å². The van der Waals surface area contributed by atoms with E-state index >= 15 is 0 Å². The van der Waals surface area contributed by atoms with E-state index in [1.165, 1.54) is 6.42 Å². The normalized spacial score (nSPS) is 23.6. The molecular formula is C15H17BrClNO2. The van der Waals surface area contributed by atoms with Gasteiger partial charge in [0.05, 0.1) is 11.6 Å². The number of benzene rings is 1. The van der Waals surface area contributed by atoms with Gasteiger partial charge in [0.15, 0.2) is 0 Å². The highest BCUT2D eigenvalue weighted by molar-refractivity contribution is 9.10. The van der Waals surface area contributed by atoms with E-state index in [0.29, 0.717) is 23.8 Å². The second kappa shape index (κ2) is 5.94. The van der Waals surface area contributed by atoms with E-state index in [2.05, 4.69) is 15.9 Å². The molecule has 1 aromatic rings. The fraction of sp³-hybridized carbons (Fsp3) is 0.533. The van der Waals surface area contributed by atoms with E-state index in [1.807, 2.05) is 17.0 Å². The van der Waals surface area contributed by atoms with Gasteiger partial charge in [-0.2, -0.15) is 0 Å². The largest absolute Gasteiger partial charge is 0.492 e. The lowest BCUT2D eigenvalue weighted by atomic mass is 10.3. The van der Waals surface area contributed by atoms with Crippen molar-refractivity contribution < 1.29 is 9.53 Å². The van der Waals surface area contributed by atoms with Gasteiger partial charge in [0, 0.05) is 24.0 Å². The lowest BCUT2D eigenvalue weighted by molar-refractivity contribution is -0.130. The van der Waals surface area contributed by atoms with E-state index < -0.39 is 0 Å². The molecule has 3 nitrogen and oxygen atoms in total. The summed E-state index contributed by atoms with van der Waals surface area (Å²) in [5, 5.41) is 0.588. The van der Waals surface area contributed by atoms with Crippen molar-refractivity contribution in [2.75, 3.05) is 19.7 Å². The number of carbonyl (C=O) groups excluding carboxylic acids is 1. The van der Waals surface area contributed by atoms with Gasteiger partial charge in [0.2, 0.25) is 5.91 Å². The number of halogens is 2. The van der Waals surface area contributed by atoms with Crippen molar-refractivity contribution in [2.24, 2.45) is 11.8 Å². The van der Waals surface area contributed by atoms with Crippen LogP contribution in [0.4, 0.5) is 0 Å². The zero-order valence-electron chi connectivity index (χ0n) is 11.1. The van der Waals surface area contributed by atoms with Crippen LogP contribution in [-0.4, -0.2) is 30.5 Å². The summed E-state index contributed by atoms with van der Waals surface area (Å²) in [6.45, 7) is 2.47. The minimum absolute atomic E-state index is 0.266. The Labute approximate surface area is 132 Å². The van der Waals surface area contributed by atoms with Crippen molar-refractivity contribution in [1.29, 1.82) is 0 Å². The van der Waals surface area contributed by atoms with E-state index in [4.69, 9.17) is 16.3 Å². The van der Waals surface area contributed by atoms with Crippen LogP contribution in [-0.2, 0) is 4.79 Å². The monoisotopic (exact) mass is 357 g/mol. The number of hydrogen-bond acceptors (Lipinski definition) is 2. The molecule has 5 heteroatoms. The van der Waals surface area contributed by atoms with Crippen LogP contribution in [0.5, 0.6) is 5.75 Å². The first kappa shape index (κ1) is 14.2. The van der Waals surface area contributed by atoms with Crippen LogP contribution in [0.15, 0.2) is 22.7 Å². The van der Waals surface area contributed by atoms with E-state index in [1.54, 1.807) is 6.07 Å². The molecule has 1 aliphatic heterocycles. The number of hydrogen-bond donors (Lipinski definition) is 0. The Morgan fingerprint density at radius 3 is 2.85 bits per heavy atom. The second-order valence-corrected chi connectivity index (χ2v) is 6.90. The summed E-state index contributed by atoms with van der Waals surface area (Å²) in [6.07, 6.45) is 2.62. The smallest absolute Gasteiger partial charge is 0.222 e. The number of rotatable bonds is 5. The van der Waals surface area contributed by atoms with Gasteiger partial charge in [-0.3, -0.25) is 4.79 Å². The number of amides is 1. The van der Waals surface area contributed by atoms with Crippen molar-refractivity contribution in [2.45, 2.75) is 19.3 Å². The molecule has 2 atom stereocenters. The Morgan fingerprint density at radius 1 is 1.40 bits per heavy atom. The molecule has 1 aliphatic carbocycles. The maximum Gasteiger partial charge on any atom is 0.222 e. The van der Waals surface area contributed by atoms with E-state index in [9.17, 15) is 4.79 Å². The van der Waals surface area contributed by atoms with Crippen molar-refractivity contribution in [1.82, 2.24) is 4.90 Å². The molecule has 0 bridgehead atoms. The highest BCUT2D eigenvalue weighted by atomic mass is 79.9. The predicted molar refractivity (Wildman–Crippen MR) is 82.1 cm³/mol. The molecule has 0 radical (unpaired) electrons. The summed E-state index contributed by atoms with van der Waals surface area (Å²) in [4.78, 5) is 14.0. The Hall–Kier alpha value is -0.740. The molecular weight excluding hydrogens is 342 g/mol. The SMILES string of the molecule is O=C(CCCOc1ccc(Br)cc1Cl)N1CC2CC2C1. The van der Waals surface area contributed by atoms with Crippen LogP contribution in [0.2, 0.25) is 5.02 Å². The van der Waals surface area contributed by atoms with Gasteiger partial charge in [0.1, 0.15) is 5.75 Å². The molecule has 2 aliphatic rings.